The number of carbonyl (C=O) groups is 1. The predicted octanol–water partition coefficient (Wildman–Crippen LogP) is 2.15. The molecule has 1 N–H and O–H groups in total. The summed E-state index contributed by atoms with van der Waals surface area (Å²) in [6, 6.07) is 1.63. The summed E-state index contributed by atoms with van der Waals surface area (Å²) in [4.78, 5) is 12.1. The summed E-state index contributed by atoms with van der Waals surface area (Å²) < 4.78 is 5.10. The van der Waals surface area contributed by atoms with Gasteiger partial charge in [0.1, 0.15) is 5.69 Å². The molecule has 0 radical (unpaired) electrons. The lowest BCUT2D eigenvalue weighted by Crippen LogP contribution is -2.15. The van der Waals surface area contributed by atoms with Gasteiger partial charge in [-0.15, -0.1) is 0 Å². The fourth-order valence-corrected chi connectivity index (χ4v) is 1.59. The fraction of sp³-hybridized carbons (Fsp3) is 0.333. The second-order valence-corrected chi connectivity index (χ2v) is 4.24. The monoisotopic (exact) mass is 246 g/mol. The highest BCUT2D eigenvalue weighted by Gasteiger charge is 2.16. The first-order valence-electron chi connectivity index (χ1n) is 5.63. The fourth-order valence-electron chi connectivity index (χ4n) is 1.59. The third-order valence-corrected chi connectivity index (χ3v) is 2.52. The van der Waals surface area contributed by atoms with Gasteiger partial charge < -0.3 is 9.84 Å². The summed E-state index contributed by atoms with van der Waals surface area (Å²) >= 11 is 0. The molecular formula is C12H14N4O2. The number of aromatic nitrogens is 3. The van der Waals surface area contributed by atoms with E-state index in [4.69, 9.17) is 4.52 Å². The molecule has 2 heterocycles. The van der Waals surface area contributed by atoms with Crippen LogP contribution in [0, 0.1) is 6.92 Å². The molecular weight excluding hydrogens is 232 g/mol. The number of amides is 1. The molecule has 6 heteroatoms. The number of hydrogen-bond donors (Lipinski definition) is 1. The first kappa shape index (κ1) is 12.2. The Morgan fingerprint density at radius 2 is 2.22 bits per heavy atom. The minimum absolute atomic E-state index is 0.152. The first-order valence-corrected chi connectivity index (χ1v) is 5.63. The highest BCUT2D eigenvalue weighted by Crippen LogP contribution is 2.24. The highest BCUT2D eigenvalue weighted by molar-refractivity contribution is 6.05. The predicted molar refractivity (Wildman–Crippen MR) is 65.3 cm³/mol. The molecule has 0 unspecified atom stereocenters. The second-order valence-electron chi connectivity index (χ2n) is 4.24. The molecule has 0 aromatic carbocycles. The Morgan fingerprint density at radius 3 is 2.89 bits per heavy atom. The maximum Gasteiger partial charge on any atom is 0.257 e. The summed E-state index contributed by atoms with van der Waals surface area (Å²) in [6.45, 7) is 5.67. The standard InChI is InChI=1S/C12H14N4O2/c1-7(2)11-10(6-14-18-11)15-12(17)9-4-5-13-16-8(9)3/h4-7H,1-3H3,(H,15,17). The Hall–Kier alpha value is -2.24. The van der Waals surface area contributed by atoms with Crippen LogP contribution in [0.1, 0.15) is 41.6 Å². The van der Waals surface area contributed by atoms with Crippen molar-refractivity contribution in [2.75, 3.05) is 5.32 Å². The summed E-state index contributed by atoms with van der Waals surface area (Å²) in [5.74, 6) is 0.565. The van der Waals surface area contributed by atoms with E-state index in [-0.39, 0.29) is 11.8 Å². The Kier molecular flexibility index (Phi) is 3.36. The molecule has 1 amide bonds. The molecule has 0 fully saturated rings. The molecule has 0 spiro atoms. The third kappa shape index (κ3) is 2.37. The van der Waals surface area contributed by atoms with Crippen molar-refractivity contribution < 1.29 is 9.32 Å². The first-order chi connectivity index (χ1) is 8.59. The van der Waals surface area contributed by atoms with Gasteiger partial charge in [-0.2, -0.15) is 10.2 Å². The van der Waals surface area contributed by atoms with Crippen molar-refractivity contribution in [1.82, 2.24) is 15.4 Å². The maximum absolute atomic E-state index is 12.1. The Labute approximate surface area is 104 Å². The number of hydrogen-bond acceptors (Lipinski definition) is 5. The molecule has 0 aliphatic heterocycles. The van der Waals surface area contributed by atoms with E-state index in [2.05, 4.69) is 20.7 Å². The van der Waals surface area contributed by atoms with E-state index in [0.29, 0.717) is 22.7 Å². The van der Waals surface area contributed by atoms with Crippen molar-refractivity contribution in [3.05, 3.63) is 35.5 Å². The number of nitrogens with one attached hydrogen (secondary N) is 1. The Morgan fingerprint density at radius 1 is 1.44 bits per heavy atom. The second kappa shape index (κ2) is 4.95. The molecule has 0 bridgehead atoms. The number of carbonyl (C=O) groups excluding carboxylic acids is 1. The topological polar surface area (TPSA) is 80.9 Å². The summed E-state index contributed by atoms with van der Waals surface area (Å²) in [5.41, 5.74) is 1.66. The van der Waals surface area contributed by atoms with Crippen molar-refractivity contribution in [3.8, 4) is 0 Å². The van der Waals surface area contributed by atoms with Gasteiger partial charge in [0.2, 0.25) is 0 Å². The molecule has 0 aliphatic carbocycles. The molecule has 0 aliphatic rings. The number of anilines is 1. The van der Waals surface area contributed by atoms with Gasteiger partial charge >= 0.3 is 0 Å². The maximum atomic E-state index is 12.1. The van der Waals surface area contributed by atoms with Crippen molar-refractivity contribution in [1.29, 1.82) is 0 Å². The largest absolute Gasteiger partial charge is 0.359 e. The average Bonchev–Trinajstić information content (AvgIpc) is 2.77. The minimum Gasteiger partial charge on any atom is -0.359 e. The van der Waals surface area contributed by atoms with E-state index in [0.717, 1.165) is 0 Å². The molecule has 94 valence electrons. The van der Waals surface area contributed by atoms with Crippen LogP contribution in [-0.2, 0) is 0 Å². The number of nitrogens with zero attached hydrogens (tertiary/aromatic N) is 3. The van der Waals surface area contributed by atoms with Crippen LogP contribution in [-0.4, -0.2) is 21.3 Å². The van der Waals surface area contributed by atoms with Gasteiger partial charge in [0.05, 0.1) is 23.7 Å². The van der Waals surface area contributed by atoms with Gasteiger partial charge in [-0.3, -0.25) is 4.79 Å². The van der Waals surface area contributed by atoms with E-state index in [1.54, 1.807) is 13.0 Å². The van der Waals surface area contributed by atoms with Gasteiger partial charge in [-0.25, -0.2) is 0 Å². The van der Waals surface area contributed by atoms with Crippen LogP contribution in [0.4, 0.5) is 5.69 Å². The molecule has 18 heavy (non-hydrogen) atoms. The van der Waals surface area contributed by atoms with E-state index >= 15 is 0 Å². The highest BCUT2D eigenvalue weighted by atomic mass is 16.5. The van der Waals surface area contributed by atoms with Crippen LogP contribution in [0.2, 0.25) is 0 Å². The number of aryl methyl sites for hydroxylation is 1. The lowest BCUT2D eigenvalue weighted by Gasteiger charge is -2.07. The van der Waals surface area contributed by atoms with Crippen LogP contribution in [0.15, 0.2) is 23.0 Å². The smallest absolute Gasteiger partial charge is 0.257 e. The van der Waals surface area contributed by atoms with Crippen molar-refractivity contribution >= 4 is 11.6 Å². The Balaban J connectivity index is 2.22. The zero-order valence-corrected chi connectivity index (χ0v) is 10.5. The third-order valence-electron chi connectivity index (χ3n) is 2.52. The normalized spacial score (nSPS) is 10.7. The minimum atomic E-state index is -0.243. The van der Waals surface area contributed by atoms with Crippen molar-refractivity contribution in [2.45, 2.75) is 26.7 Å². The van der Waals surface area contributed by atoms with E-state index in [1.807, 2.05) is 13.8 Å². The molecule has 0 saturated heterocycles. The Bertz CT molecular complexity index is 563. The van der Waals surface area contributed by atoms with Crippen LogP contribution in [0.3, 0.4) is 0 Å². The lowest BCUT2D eigenvalue weighted by atomic mass is 10.1. The quantitative estimate of drug-likeness (QED) is 0.897. The zero-order chi connectivity index (χ0) is 13.1. The van der Waals surface area contributed by atoms with E-state index < -0.39 is 0 Å². The van der Waals surface area contributed by atoms with Crippen LogP contribution < -0.4 is 5.32 Å². The van der Waals surface area contributed by atoms with Gasteiger partial charge in [-0.05, 0) is 13.0 Å². The van der Waals surface area contributed by atoms with E-state index in [1.165, 1.54) is 12.4 Å². The molecule has 2 aromatic rings. The molecule has 2 aromatic heterocycles. The number of rotatable bonds is 3. The van der Waals surface area contributed by atoms with E-state index in [9.17, 15) is 4.79 Å². The van der Waals surface area contributed by atoms with Crippen LogP contribution in [0.5, 0.6) is 0 Å². The molecule has 6 nitrogen and oxygen atoms in total. The van der Waals surface area contributed by atoms with Gasteiger partial charge in [0.15, 0.2) is 5.76 Å². The molecule has 2 rings (SSSR count). The van der Waals surface area contributed by atoms with Crippen LogP contribution in [0.25, 0.3) is 0 Å². The summed E-state index contributed by atoms with van der Waals surface area (Å²) in [5, 5.41) is 14.0. The van der Waals surface area contributed by atoms with Crippen LogP contribution >= 0.6 is 0 Å². The molecule has 0 atom stereocenters. The van der Waals surface area contributed by atoms with Gasteiger partial charge in [0, 0.05) is 5.92 Å². The van der Waals surface area contributed by atoms with Crippen molar-refractivity contribution in [2.24, 2.45) is 0 Å². The zero-order valence-electron chi connectivity index (χ0n) is 10.5. The molecule has 0 saturated carbocycles. The SMILES string of the molecule is Cc1nnccc1C(=O)Nc1cnoc1C(C)C. The average molecular weight is 246 g/mol. The lowest BCUT2D eigenvalue weighted by molar-refractivity contribution is 0.102. The summed E-state index contributed by atoms with van der Waals surface area (Å²) in [6.07, 6.45) is 2.98. The summed E-state index contributed by atoms with van der Waals surface area (Å²) in [7, 11) is 0. The van der Waals surface area contributed by atoms with Gasteiger partial charge in [-0.1, -0.05) is 19.0 Å². The van der Waals surface area contributed by atoms with Crippen molar-refractivity contribution in [3.63, 3.8) is 0 Å². The van der Waals surface area contributed by atoms with Gasteiger partial charge in [0.25, 0.3) is 5.91 Å².